The number of carbonyl (C=O) groups is 1. The largest absolute Gasteiger partial charge is 0.383 e. The molecule has 0 aliphatic rings. The van der Waals surface area contributed by atoms with Gasteiger partial charge in [-0.2, -0.15) is 0 Å². The Morgan fingerprint density at radius 2 is 1.88 bits per heavy atom. The van der Waals surface area contributed by atoms with E-state index in [9.17, 15) is 4.79 Å². The molecule has 0 unspecified atom stereocenters. The highest BCUT2D eigenvalue weighted by Crippen LogP contribution is 2.19. The number of carbonyl (C=O) groups excluding carboxylic acids is 1. The zero-order chi connectivity index (χ0) is 11.5. The van der Waals surface area contributed by atoms with Gasteiger partial charge in [0, 0.05) is 16.9 Å². The molecule has 2 heterocycles. The molecule has 0 aliphatic carbocycles. The van der Waals surface area contributed by atoms with Crippen LogP contribution in [0.5, 0.6) is 0 Å². The Kier molecular flexibility index (Phi) is 2.96. The maximum atomic E-state index is 12.1. The van der Waals surface area contributed by atoms with Crippen molar-refractivity contribution < 1.29 is 4.79 Å². The van der Waals surface area contributed by atoms with E-state index in [4.69, 9.17) is 5.73 Å². The number of pyridine rings is 2. The molecule has 0 radical (unpaired) electrons. The molecule has 5 heteroatoms. The van der Waals surface area contributed by atoms with Crippen LogP contribution in [-0.4, -0.2) is 15.8 Å². The lowest BCUT2D eigenvalue weighted by molar-refractivity contribution is 0.103. The minimum absolute atomic E-state index is 0.213. The van der Waals surface area contributed by atoms with Gasteiger partial charge in [-0.05, 0) is 40.2 Å². The van der Waals surface area contributed by atoms with E-state index in [0.717, 1.165) is 0 Å². The van der Waals surface area contributed by atoms with Gasteiger partial charge in [-0.1, -0.05) is 0 Å². The van der Waals surface area contributed by atoms with Gasteiger partial charge < -0.3 is 5.73 Å². The lowest BCUT2D eigenvalue weighted by Gasteiger charge is -2.04. The van der Waals surface area contributed by atoms with Gasteiger partial charge in [-0.3, -0.25) is 9.78 Å². The Morgan fingerprint density at radius 1 is 1.19 bits per heavy atom. The number of nitrogens with two attached hydrogens (primary N) is 1. The van der Waals surface area contributed by atoms with Crippen LogP contribution in [0.15, 0.2) is 41.1 Å². The third kappa shape index (κ3) is 1.94. The fourth-order valence-electron chi connectivity index (χ4n) is 1.29. The number of nitrogen functional groups attached to an aromatic ring is 1. The first kappa shape index (κ1) is 10.8. The fraction of sp³-hybridized carbons (Fsp3) is 0. The third-order valence-electron chi connectivity index (χ3n) is 2.06. The number of aromatic nitrogens is 2. The SMILES string of the molecule is Nc1ncccc1C(=O)c1ncccc1Br. The molecule has 2 rings (SSSR count). The fourth-order valence-corrected chi connectivity index (χ4v) is 1.72. The summed E-state index contributed by atoms with van der Waals surface area (Å²) in [4.78, 5) is 20.0. The van der Waals surface area contributed by atoms with Gasteiger partial charge >= 0.3 is 0 Å². The number of hydrogen-bond donors (Lipinski definition) is 1. The van der Waals surface area contributed by atoms with E-state index in [2.05, 4.69) is 25.9 Å². The first-order chi connectivity index (χ1) is 7.70. The molecule has 0 amide bonds. The predicted octanol–water partition coefficient (Wildman–Crippen LogP) is 2.05. The topological polar surface area (TPSA) is 68.9 Å². The van der Waals surface area contributed by atoms with Crippen LogP contribution in [0.2, 0.25) is 0 Å². The summed E-state index contributed by atoms with van der Waals surface area (Å²) in [6, 6.07) is 6.80. The summed E-state index contributed by atoms with van der Waals surface area (Å²) >= 11 is 3.27. The summed E-state index contributed by atoms with van der Waals surface area (Å²) in [5.74, 6) is -0.0249. The third-order valence-corrected chi connectivity index (χ3v) is 2.70. The zero-order valence-corrected chi connectivity index (χ0v) is 9.81. The highest BCUT2D eigenvalue weighted by atomic mass is 79.9. The van der Waals surface area contributed by atoms with Crippen LogP contribution >= 0.6 is 15.9 Å². The average Bonchev–Trinajstić information content (AvgIpc) is 2.29. The second-order valence-electron chi connectivity index (χ2n) is 3.10. The second kappa shape index (κ2) is 4.40. The lowest BCUT2D eigenvalue weighted by atomic mass is 10.1. The monoisotopic (exact) mass is 277 g/mol. The van der Waals surface area contributed by atoms with Crippen molar-refractivity contribution in [3.63, 3.8) is 0 Å². The molecule has 2 N–H and O–H groups in total. The van der Waals surface area contributed by atoms with E-state index in [0.29, 0.717) is 15.7 Å². The van der Waals surface area contributed by atoms with Crippen LogP contribution in [0.1, 0.15) is 16.1 Å². The molecule has 80 valence electrons. The summed E-state index contributed by atoms with van der Waals surface area (Å²) in [5, 5.41) is 0. The van der Waals surface area contributed by atoms with Gasteiger partial charge in [0.05, 0.1) is 5.56 Å². The molecule has 2 aromatic rings. The van der Waals surface area contributed by atoms with Gasteiger partial charge in [0.1, 0.15) is 11.5 Å². The summed E-state index contributed by atoms with van der Waals surface area (Å²) < 4.78 is 0.642. The van der Waals surface area contributed by atoms with Crippen molar-refractivity contribution >= 4 is 27.5 Å². The van der Waals surface area contributed by atoms with E-state index in [1.165, 1.54) is 0 Å². The number of nitrogens with zero attached hydrogens (tertiary/aromatic N) is 2. The smallest absolute Gasteiger partial charge is 0.216 e. The predicted molar refractivity (Wildman–Crippen MR) is 64.0 cm³/mol. The van der Waals surface area contributed by atoms with Gasteiger partial charge in [-0.25, -0.2) is 4.98 Å². The van der Waals surface area contributed by atoms with Crippen LogP contribution in [0.25, 0.3) is 0 Å². The molecule has 0 bridgehead atoms. The van der Waals surface area contributed by atoms with Gasteiger partial charge in [0.25, 0.3) is 0 Å². The summed E-state index contributed by atoms with van der Waals surface area (Å²) in [6.45, 7) is 0. The van der Waals surface area contributed by atoms with E-state index in [1.807, 2.05) is 0 Å². The number of halogens is 1. The highest BCUT2D eigenvalue weighted by Gasteiger charge is 2.16. The minimum atomic E-state index is -0.238. The van der Waals surface area contributed by atoms with Crippen molar-refractivity contribution in [3.8, 4) is 0 Å². The van der Waals surface area contributed by atoms with Gasteiger partial charge in [0.15, 0.2) is 0 Å². The Morgan fingerprint density at radius 3 is 2.56 bits per heavy atom. The molecule has 0 aliphatic heterocycles. The normalized spacial score (nSPS) is 10.1. The Balaban J connectivity index is 2.48. The number of anilines is 1. The molecule has 4 nitrogen and oxygen atoms in total. The summed E-state index contributed by atoms with van der Waals surface area (Å²) in [5.41, 5.74) is 6.33. The quantitative estimate of drug-likeness (QED) is 0.853. The van der Waals surface area contributed by atoms with Crippen molar-refractivity contribution in [1.82, 2.24) is 9.97 Å². The van der Waals surface area contributed by atoms with Crippen molar-refractivity contribution in [1.29, 1.82) is 0 Å². The maximum Gasteiger partial charge on any atom is 0.216 e. The van der Waals surface area contributed by atoms with Gasteiger partial charge in [0.2, 0.25) is 5.78 Å². The molecule has 16 heavy (non-hydrogen) atoms. The van der Waals surface area contributed by atoms with Crippen LogP contribution in [0.3, 0.4) is 0 Å². The van der Waals surface area contributed by atoms with Crippen molar-refractivity contribution in [2.75, 3.05) is 5.73 Å². The molecule has 0 atom stereocenters. The van der Waals surface area contributed by atoms with Crippen molar-refractivity contribution in [3.05, 3.63) is 52.4 Å². The van der Waals surface area contributed by atoms with E-state index in [-0.39, 0.29) is 11.6 Å². The molecular weight excluding hydrogens is 270 g/mol. The molecular formula is C11H8BrN3O. The first-order valence-electron chi connectivity index (χ1n) is 4.56. The lowest BCUT2D eigenvalue weighted by Crippen LogP contribution is -2.08. The number of rotatable bonds is 2. The highest BCUT2D eigenvalue weighted by molar-refractivity contribution is 9.10. The first-order valence-corrected chi connectivity index (χ1v) is 5.35. The van der Waals surface area contributed by atoms with Crippen LogP contribution in [-0.2, 0) is 0 Å². The molecule has 2 aromatic heterocycles. The Hall–Kier alpha value is -1.75. The average molecular weight is 278 g/mol. The molecule has 0 saturated carbocycles. The zero-order valence-electron chi connectivity index (χ0n) is 8.22. The van der Waals surface area contributed by atoms with E-state index < -0.39 is 0 Å². The van der Waals surface area contributed by atoms with Crippen LogP contribution in [0, 0.1) is 0 Å². The second-order valence-corrected chi connectivity index (χ2v) is 3.95. The molecule has 0 fully saturated rings. The minimum Gasteiger partial charge on any atom is -0.383 e. The van der Waals surface area contributed by atoms with E-state index >= 15 is 0 Å². The number of hydrogen-bond acceptors (Lipinski definition) is 4. The Labute approximate surface area is 101 Å². The van der Waals surface area contributed by atoms with E-state index in [1.54, 1.807) is 36.7 Å². The standard InChI is InChI=1S/C11H8BrN3O/c12-8-4-2-5-14-9(8)10(16)7-3-1-6-15-11(7)13/h1-6H,(H2,13,15). The van der Waals surface area contributed by atoms with Crippen LogP contribution in [0.4, 0.5) is 5.82 Å². The van der Waals surface area contributed by atoms with Crippen molar-refractivity contribution in [2.45, 2.75) is 0 Å². The van der Waals surface area contributed by atoms with Crippen LogP contribution < -0.4 is 5.73 Å². The molecule has 0 spiro atoms. The van der Waals surface area contributed by atoms with Crippen molar-refractivity contribution in [2.24, 2.45) is 0 Å². The molecule has 0 saturated heterocycles. The summed E-state index contributed by atoms with van der Waals surface area (Å²) in [6.07, 6.45) is 3.10. The Bertz CT molecular complexity index is 495. The maximum absolute atomic E-state index is 12.1. The van der Waals surface area contributed by atoms with Gasteiger partial charge in [-0.15, -0.1) is 0 Å². The summed E-state index contributed by atoms with van der Waals surface area (Å²) in [7, 11) is 0. The molecule has 0 aromatic carbocycles. The number of ketones is 1.